The first-order valence-electron chi connectivity index (χ1n) is 10.2. The molecular weight excluding hydrogens is 477 g/mol. The minimum absolute atomic E-state index is 0. The van der Waals surface area contributed by atoms with Crippen LogP contribution in [0.3, 0.4) is 0 Å². The van der Waals surface area contributed by atoms with Gasteiger partial charge in [0.25, 0.3) is 0 Å². The van der Waals surface area contributed by atoms with Gasteiger partial charge in [0.15, 0.2) is 9.84 Å². The van der Waals surface area contributed by atoms with Crippen molar-refractivity contribution in [3.63, 3.8) is 0 Å². The zero-order valence-corrected chi connectivity index (χ0v) is 20.1. The molecule has 0 spiro atoms. The Hall–Kier alpha value is -3.56. The lowest BCUT2D eigenvalue weighted by atomic mass is 10.1. The predicted molar refractivity (Wildman–Crippen MR) is 134 cm³/mol. The Kier molecular flexibility index (Phi) is 7.80. The van der Waals surface area contributed by atoms with Gasteiger partial charge in [-0.1, -0.05) is 24.3 Å². The Bertz CT molecular complexity index is 1350. The maximum absolute atomic E-state index is 13.3. The van der Waals surface area contributed by atoms with Gasteiger partial charge in [-0.3, -0.25) is 4.98 Å². The highest BCUT2D eigenvalue weighted by Crippen LogP contribution is 2.29. The van der Waals surface area contributed by atoms with Gasteiger partial charge in [0, 0.05) is 24.7 Å². The third-order valence-corrected chi connectivity index (χ3v) is 6.12. The standard InChI is InChI=1S/C24H22FN5O2S.ClH/c1-16(17-3-7-20(25)8-4-17)28-22-13-19(18-5-9-21(10-6-18)33(2,31)32)14-23(29-22)30-24-15-26-11-12-27-24;/h3-16H,1-2H3,(H2,27,28,29,30);1H/t16-;/m0./s1. The molecule has 0 fully saturated rings. The molecule has 0 unspecified atom stereocenters. The molecule has 0 aliphatic heterocycles. The van der Waals surface area contributed by atoms with E-state index in [4.69, 9.17) is 0 Å². The smallest absolute Gasteiger partial charge is 0.175 e. The van der Waals surface area contributed by atoms with E-state index in [-0.39, 0.29) is 29.2 Å². The fourth-order valence-electron chi connectivity index (χ4n) is 3.28. The Balaban J connectivity index is 0.00000324. The summed E-state index contributed by atoms with van der Waals surface area (Å²) >= 11 is 0. The molecule has 0 amide bonds. The maximum atomic E-state index is 13.3. The molecule has 10 heteroatoms. The molecular formula is C24H23ClFN5O2S. The summed E-state index contributed by atoms with van der Waals surface area (Å²) in [5.41, 5.74) is 2.55. The molecule has 4 aromatic rings. The van der Waals surface area contributed by atoms with E-state index in [0.29, 0.717) is 17.5 Å². The van der Waals surface area contributed by atoms with Gasteiger partial charge < -0.3 is 10.6 Å². The third kappa shape index (κ3) is 6.27. The zero-order chi connectivity index (χ0) is 23.4. The number of nitrogens with one attached hydrogen (secondary N) is 2. The molecule has 0 aliphatic carbocycles. The fourth-order valence-corrected chi connectivity index (χ4v) is 3.91. The fraction of sp³-hybridized carbons (Fsp3) is 0.125. The number of benzene rings is 2. The van der Waals surface area contributed by atoms with E-state index in [2.05, 4.69) is 25.6 Å². The predicted octanol–water partition coefficient (Wildman–Crippen LogP) is 5.42. The van der Waals surface area contributed by atoms with E-state index in [9.17, 15) is 12.8 Å². The van der Waals surface area contributed by atoms with Crippen LogP contribution in [0.15, 0.2) is 84.1 Å². The molecule has 2 aromatic heterocycles. The van der Waals surface area contributed by atoms with E-state index in [1.54, 1.807) is 55.0 Å². The molecule has 2 heterocycles. The summed E-state index contributed by atoms with van der Waals surface area (Å²) < 4.78 is 36.9. The van der Waals surface area contributed by atoms with E-state index in [1.165, 1.54) is 18.4 Å². The molecule has 7 nitrogen and oxygen atoms in total. The molecule has 0 saturated carbocycles. The monoisotopic (exact) mass is 499 g/mol. The number of sulfone groups is 1. The van der Waals surface area contributed by atoms with Gasteiger partial charge in [-0.05, 0) is 60.0 Å². The summed E-state index contributed by atoms with van der Waals surface area (Å²) in [5.74, 6) is 1.36. The normalized spacial score (nSPS) is 11.9. The van der Waals surface area contributed by atoms with Crippen LogP contribution in [-0.2, 0) is 9.84 Å². The number of anilines is 3. The average molecular weight is 500 g/mol. The van der Waals surface area contributed by atoms with Gasteiger partial charge in [-0.25, -0.2) is 22.8 Å². The molecule has 2 aromatic carbocycles. The van der Waals surface area contributed by atoms with Crippen LogP contribution in [0.25, 0.3) is 11.1 Å². The Morgan fingerprint density at radius 3 is 2.18 bits per heavy atom. The van der Waals surface area contributed by atoms with Crippen molar-refractivity contribution < 1.29 is 12.8 Å². The van der Waals surface area contributed by atoms with Crippen molar-refractivity contribution in [3.8, 4) is 11.1 Å². The van der Waals surface area contributed by atoms with Crippen LogP contribution >= 0.6 is 12.4 Å². The molecule has 0 aliphatic rings. The van der Waals surface area contributed by atoms with Crippen molar-refractivity contribution in [2.45, 2.75) is 17.9 Å². The van der Waals surface area contributed by atoms with Crippen LogP contribution in [0.1, 0.15) is 18.5 Å². The lowest BCUT2D eigenvalue weighted by Gasteiger charge is -2.17. The van der Waals surface area contributed by atoms with Crippen molar-refractivity contribution in [2.24, 2.45) is 0 Å². The summed E-state index contributed by atoms with van der Waals surface area (Å²) in [6, 6.07) is 16.5. The number of aromatic nitrogens is 3. The number of pyridine rings is 1. The van der Waals surface area contributed by atoms with Gasteiger partial charge in [0.2, 0.25) is 0 Å². The molecule has 2 N–H and O–H groups in total. The molecule has 0 saturated heterocycles. The minimum Gasteiger partial charge on any atom is -0.363 e. The van der Waals surface area contributed by atoms with Crippen LogP contribution in [0, 0.1) is 5.82 Å². The van der Waals surface area contributed by atoms with Crippen molar-refractivity contribution in [2.75, 3.05) is 16.9 Å². The number of rotatable bonds is 7. The average Bonchev–Trinajstić information content (AvgIpc) is 2.79. The van der Waals surface area contributed by atoms with Gasteiger partial charge in [-0.2, -0.15) is 0 Å². The lowest BCUT2D eigenvalue weighted by molar-refractivity contribution is 0.602. The second kappa shape index (κ2) is 10.6. The van der Waals surface area contributed by atoms with Gasteiger partial charge in [-0.15, -0.1) is 12.4 Å². The Morgan fingerprint density at radius 1 is 0.882 bits per heavy atom. The molecule has 176 valence electrons. The van der Waals surface area contributed by atoms with Crippen LogP contribution in [0.4, 0.5) is 21.8 Å². The quantitative estimate of drug-likeness (QED) is 0.350. The number of hydrogen-bond donors (Lipinski definition) is 2. The Morgan fingerprint density at radius 2 is 1.56 bits per heavy atom. The highest BCUT2D eigenvalue weighted by atomic mass is 35.5. The minimum atomic E-state index is -3.29. The van der Waals surface area contributed by atoms with Crippen LogP contribution in [0.5, 0.6) is 0 Å². The first-order valence-corrected chi connectivity index (χ1v) is 12.0. The lowest BCUT2D eigenvalue weighted by Crippen LogP contribution is -2.09. The van der Waals surface area contributed by atoms with Gasteiger partial charge in [0.05, 0.1) is 11.1 Å². The topological polar surface area (TPSA) is 96.9 Å². The largest absolute Gasteiger partial charge is 0.363 e. The maximum Gasteiger partial charge on any atom is 0.175 e. The van der Waals surface area contributed by atoms with E-state index >= 15 is 0 Å². The summed E-state index contributed by atoms with van der Waals surface area (Å²) in [4.78, 5) is 13.2. The van der Waals surface area contributed by atoms with Crippen molar-refractivity contribution in [1.29, 1.82) is 0 Å². The highest BCUT2D eigenvalue weighted by molar-refractivity contribution is 7.90. The van der Waals surface area contributed by atoms with Crippen LogP contribution in [-0.4, -0.2) is 29.6 Å². The van der Waals surface area contributed by atoms with Gasteiger partial charge >= 0.3 is 0 Å². The van der Waals surface area contributed by atoms with E-state index in [0.717, 1.165) is 16.7 Å². The Labute approximate surface area is 203 Å². The van der Waals surface area contributed by atoms with Crippen molar-refractivity contribution >= 4 is 39.7 Å². The second-order valence-corrected chi connectivity index (χ2v) is 9.57. The van der Waals surface area contributed by atoms with E-state index in [1.807, 2.05) is 19.1 Å². The van der Waals surface area contributed by atoms with Crippen LogP contribution < -0.4 is 10.6 Å². The van der Waals surface area contributed by atoms with Crippen molar-refractivity contribution in [1.82, 2.24) is 15.0 Å². The third-order valence-electron chi connectivity index (χ3n) is 4.99. The number of nitrogens with zero attached hydrogens (tertiary/aromatic N) is 3. The highest BCUT2D eigenvalue weighted by Gasteiger charge is 2.12. The molecule has 34 heavy (non-hydrogen) atoms. The zero-order valence-electron chi connectivity index (χ0n) is 18.4. The van der Waals surface area contributed by atoms with E-state index < -0.39 is 9.84 Å². The molecule has 0 radical (unpaired) electrons. The first-order chi connectivity index (χ1) is 15.8. The number of halogens is 2. The summed E-state index contributed by atoms with van der Waals surface area (Å²) in [7, 11) is -3.29. The SMILES string of the molecule is C[C@H](Nc1cc(-c2ccc(S(C)(=O)=O)cc2)cc(Nc2cnccn2)n1)c1ccc(F)cc1.Cl. The second-order valence-electron chi connectivity index (χ2n) is 7.56. The van der Waals surface area contributed by atoms with Gasteiger partial charge in [0.1, 0.15) is 23.3 Å². The number of hydrogen-bond acceptors (Lipinski definition) is 7. The first kappa shape index (κ1) is 25.1. The molecule has 4 rings (SSSR count). The molecule has 1 atom stereocenters. The summed E-state index contributed by atoms with van der Waals surface area (Å²) in [5, 5.41) is 6.48. The van der Waals surface area contributed by atoms with Crippen molar-refractivity contribution in [3.05, 3.63) is 90.6 Å². The summed E-state index contributed by atoms with van der Waals surface area (Å²) in [6.07, 6.45) is 5.92. The summed E-state index contributed by atoms with van der Waals surface area (Å²) in [6.45, 7) is 1.96. The van der Waals surface area contributed by atoms with Crippen LogP contribution in [0.2, 0.25) is 0 Å². The molecule has 0 bridgehead atoms.